The zero-order chi connectivity index (χ0) is 18.0. The van der Waals surface area contributed by atoms with Crippen LogP contribution in [0.25, 0.3) is 10.9 Å². The Morgan fingerprint density at radius 2 is 1.88 bits per heavy atom. The Balaban J connectivity index is 1.79. The number of rotatable bonds is 1. The van der Waals surface area contributed by atoms with Crippen molar-refractivity contribution in [3.05, 3.63) is 70.4 Å². The Hall–Kier alpha value is -2.79. The number of H-pyrrole nitrogens is 1. The second kappa shape index (κ2) is 5.35. The van der Waals surface area contributed by atoms with Gasteiger partial charge >= 0.3 is 6.03 Å². The van der Waals surface area contributed by atoms with Crippen LogP contribution in [0.2, 0.25) is 5.02 Å². The number of nitrogens with one attached hydrogen (secondary N) is 1. The number of hydrogen-bond donors (Lipinski definition) is 1. The van der Waals surface area contributed by atoms with Crippen molar-refractivity contribution < 1.29 is 9.59 Å². The highest BCUT2D eigenvalue weighted by atomic mass is 35.5. The fraction of sp³-hybridized carbons (Fsp3) is 0.200. The van der Waals surface area contributed by atoms with Crippen LogP contribution in [0, 0.1) is 0 Å². The Morgan fingerprint density at radius 3 is 2.65 bits per heavy atom. The highest BCUT2D eigenvalue weighted by Gasteiger charge is 2.51. The molecule has 0 spiro atoms. The van der Waals surface area contributed by atoms with Crippen LogP contribution in [0.15, 0.2) is 48.5 Å². The lowest BCUT2D eigenvalue weighted by atomic mass is 9.89. The molecule has 1 saturated heterocycles. The molecular formula is C20H16ClN3O2. The van der Waals surface area contributed by atoms with Crippen LogP contribution in [0.3, 0.4) is 0 Å². The van der Waals surface area contributed by atoms with E-state index in [9.17, 15) is 9.59 Å². The van der Waals surface area contributed by atoms with E-state index >= 15 is 0 Å². The number of nitrogens with zero attached hydrogens (tertiary/aromatic N) is 2. The lowest BCUT2D eigenvalue weighted by Crippen LogP contribution is -2.44. The van der Waals surface area contributed by atoms with Crippen LogP contribution < -0.4 is 0 Å². The zero-order valence-electron chi connectivity index (χ0n) is 14.1. The minimum Gasteiger partial charge on any atom is -0.356 e. The molecule has 0 saturated carbocycles. The monoisotopic (exact) mass is 365 g/mol. The zero-order valence-corrected chi connectivity index (χ0v) is 14.8. The molecule has 6 heteroatoms. The Morgan fingerprint density at radius 1 is 1.12 bits per heavy atom. The standard InChI is InChI=1S/C20H16ClN3O2/c1-23-19(25)16-10-14-13-9-12(21)7-8-15(13)22-17(14)18(24(16)20(23)26)11-5-3-2-4-6-11/h2-9,16,18,22H,10H2,1H3. The first-order chi connectivity index (χ1) is 12.6. The van der Waals surface area contributed by atoms with Crippen LogP contribution in [-0.2, 0) is 11.2 Å². The van der Waals surface area contributed by atoms with Gasteiger partial charge in [0.1, 0.15) is 12.1 Å². The molecule has 2 unspecified atom stereocenters. The van der Waals surface area contributed by atoms with Crippen molar-refractivity contribution >= 4 is 34.4 Å². The maximum atomic E-state index is 12.8. The predicted octanol–water partition coefficient (Wildman–Crippen LogP) is 3.73. The molecule has 2 aliphatic heterocycles. The van der Waals surface area contributed by atoms with Crippen molar-refractivity contribution in [1.82, 2.24) is 14.8 Å². The third-order valence-electron chi connectivity index (χ3n) is 5.42. The van der Waals surface area contributed by atoms with E-state index < -0.39 is 6.04 Å². The summed E-state index contributed by atoms with van der Waals surface area (Å²) in [4.78, 5) is 31.9. The van der Waals surface area contributed by atoms with Crippen LogP contribution in [0.4, 0.5) is 4.79 Å². The Bertz CT molecular complexity index is 1060. The molecule has 130 valence electrons. The average Bonchev–Trinajstić information content (AvgIpc) is 3.12. The number of fused-ring (bicyclic) bond motifs is 4. The van der Waals surface area contributed by atoms with E-state index in [-0.39, 0.29) is 18.0 Å². The van der Waals surface area contributed by atoms with E-state index in [1.54, 1.807) is 11.9 Å². The minimum absolute atomic E-state index is 0.155. The quantitative estimate of drug-likeness (QED) is 0.668. The average molecular weight is 366 g/mol. The van der Waals surface area contributed by atoms with Crippen molar-refractivity contribution in [2.24, 2.45) is 0 Å². The van der Waals surface area contributed by atoms with Crippen molar-refractivity contribution in [2.75, 3.05) is 7.05 Å². The highest BCUT2D eigenvalue weighted by molar-refractivity contribution is 6.31. The molecule has 0 bridgehead atoms. The van der Waals surface area contributed by atoms with Crippen LogP contribution in [0.5, 0.6) is 0 Å². The van der Waals surface area contributed by atoms with Gasteiger partial charge in [-0.15, -0.1) is 0 Å². The third-order valence-corrected chi connectivity index (χ3v) is 5.66. The molecule has 2 aromatic carbocycles. The van der Waals surface area contributed by atoms with Gasteiger partial charge < -0.3 is 4.98 Å². The molecule has 1 fully saturated rings. The molecule has 5 nitrogen and oxygen atoms in total. The molecule has 0 aliphatic carbocycles. The highest BCUT2D eigenvalue weighted by Crippen LogP contribution is 2.43. The van der Waals surface area contributed by atoms with Gasteiger partial charge in [0.15, 0.2) is 0 Å². The molecule has 2 aliphatic rings. The largest absolute Gasteiger partial charge is 0.356 e. The summed E-state index contributed by atoms with van der Waals surface area (Å²) in [7, 11) is 1.55. The summed E-state index contributed by atoms with van der Waals surface area (Å²) in [5.74, 6) is -0.155. The second-order valence-corrected chi connectivity index (χ2v) is 7.26. The fourth-order valence-corrected chi connectivity index (χ4v) is 4.38. The summed E-state index contributed by atoms with van der Waals surface area (Å²) in [6.07, 6.45) is 0.494. The number of carbonyl (C=O) groups excluding carboxylic acids is 2. The SMILES string of the molecule is CN1C(=O)C2Cc3c([nH]c4ccc(Cl)cc34)C(c3ccccc3)N2C1=O. The van der Waals surface area contributed by atoms with Gasteiger partial charge in [-0.3, -0.25) is 14.6 Å². The van der Waals surface area contributed by atoms with Gasteiger partial charge in [-0.1, -0.05) is 41.9 Å². The van der Waals surface area contributed by atoms with Crippen molar-refractivity contribution in [3.63, 3.8) is 0 Å². The molecule has 0 radical (unpaired) electrons. The van der Waals surface area contributed by atoms with E-state index in [4.69, 9.17) is 11.6 Å². The summed E-state index contributed by atoms with van der Waals surface area (Å²) in [5.41, 5.74) is 3.97. The van der Waals surface area contributed by atoms with Gasteiger partial charge in [0.2, 0.25) is 0 Å². The lowest BCUT2D eigenvalue weighted by molar-refractivity contribution is -0.127. The molecule has 26 heavy (non-hydrogen) atoms. The van der Waals surface area contributed by atoms with E-state index in [2.05, 4.69) is 4.98 Å². The topological polar surface area (TPSA) is 56.4 Å². The molecule has 3 heterocycles. The first kappa shape index (κ1) is 15.5. The van der Waals surface area contributed by atoms with E-state index in [1.807, 2.05) is 48.5 Å². The molecular weight excluding hydrogens is 350 g/mol. The smallest absolute Gasteiger partial charge is 0.328 e. The summed E-state index contributed by atoms with van der Waals surface area (Å²) < 4.78 is 0. The van der Waals surface area contributed by atoms with Gasteiger partial charge in [0.25, 0.3) is 5.91 Å². The number of hydrogen-bond acceptors (Lipinski definition) is 2. The molecule has 3 aromatic rings. The first-order valence-electron chi connectivity index (χ1n) is 8.51. The van der Waals surface area contributed by atoms with Gasteiger partial charge in [-0.25, -0.2) is 4.79 Å². The molecule has 1 N–H and O–H groups in total. The number of likely N-dealkylation sites (N-methyl/N-ethyl adjacent to an activating group) is 1. The maximum absolute atomic E-state index is 12.8. The summed E-state index contributed by atoms with van der Waals surface area (Å²) >= 11 is 6.20. The minimum atomic E-state index is -0.483. The molecule has 5 rings (SSSR count). The van der Waals surface area contributed by atoms with Crippen molar-refractivity contribution in [3.8, 4) is 0 Å². The molecule has 1 aromatic heterocycles. The number of aromatic nitrogens is 1. The first-order valence-corrected chi connectivity index (χ1v) is 8.89. The predicted molar refractivity (Wildman–Crippen MR) is 99.1 cm³/mol. The third kappa shape index (κ3) is 1.98. The van der Waals surface area contributed by atoms with Crippen molar-refractivity contribution in [1.29, 1.82) is 0 Å². The van der Waals surface area contributed by atoms with Gasteiger partial charge in [0.05, 0.1) is 0 Å². The normalized spacial score (nSPS) is 22.1. The van der Waals surface area contributed by atoms with Gasteiger partial charge in [-0.2, -0.15) is 0 Å². The van der Waals surface area contributed by atoms with Gasteiger partial charge in [0, 0.05) is 35.1 Å². The maximum Gasteiger partial charge on any atom is 0.328 e. The van der Waals surface area contributed by atoms with E-state index in [0.29, 0.717) is 11.4 Å². The Labute approximate surface area is 155 Å². The number of urea groups is 1. The summed E-state index contributed by atoms with van der Waals surface area (Å²) in [6, 6.07) is 14.5. The van der Waals surface area contributed by atoms with E-state index in [1.165, 1.54) is 4.90 Å². The molecule has 2 atom stereocenters. The fourth-order valence-electron chi connectivity index (χ4n) is 4.21. The van der Waals surface area contributed by atoms with Crippen molar-refractivity contribution in [2.45, 2.75) is 18.5 Å². The number of benzene rings is 2. The van der Waals surface area contributed by atoms with Crippen LogP contribution in [-0.4, -0.2) is 39.8 Å². The lowest BCUT2D eigenvalue weighted by Gasteiger charge is -2.36. The number of amides is 3. The number of aromatic amines is 1. The van der Waals surface area contributed by atoms with E-state index in [0.717, 1.165) is 27.7 Å². The van der Waals surface area contributed by atoms with Crippen LogP contribution in [0.1, 0.15) is 22.9 Å². The second-order valence-electron chi connectivity index (χ2n) is 6.83. The van der Waals surface area contributed by atoms with Gasteiger partial charge in [-0.05, 0) is 29.3 Å². The van der Waals surface area contributed by atoms with Crippen LogP contribution >= 0.6 is 11.6 Å². The Kier molecular flexibility index (Phi) is 3.18. The number of imide groups is 1. The molecule has 3 amide bonds. The summed E-state index contributed by atoms with van der Waals surface area (Å²) in [6.45, 7) is 0. The number of carbonyl (C=O) groups is 2. The summed E-state index contributed by atoms with van der Waals surface area (Å²) in [5, 5.41) is 1.67. The number of halogens is 1.